The molecule has 154 valence electrons. The topological polar surface area (TPSA) is 105 Å². The fourth-order valence-electron chi connectivity index (χ4n) is 2.78. The van der Waals surface area contributed by atoms with Gasteiger partial charge in [-0.15, -0.1) is 0 Å². The first kappa shape index (κ1) is 21.9. The number of hydrogen-bond acceptors (Lipinski definition) is 4. The van der Waals surface area contributed by atoms with E-state index in [1.54, 1.807) is 24.3 Å². The maximum atomic E-state index is 13.1. The Bertz CT molecular complexity index is 852. The molecule has 0 saturated carbocycles. The third-order valence-electron chi connectivity index (χ3n) is 4.26. The monoisotopic (exact) mass is 402 g/mol. The summed E-state index contributed by atoms with van der Waals surface area (Å²) < 4.78 is 18.2. The van der Waals surface area contributed by atoms with Gasteiger partial charge in [-0.05, 0) is 35.4 Å². The molecule has 29 heavy (non-hydrogen) atoms. The van der Waals surface area contributed by atoms with Crippen molar-refractivity contribution in [1.29, 1.82) is 0 Å². The minimum Gasteiger partial charge on any atom is -0.497 e. The molecule has 0 bridgehead atoms. The van der Waals surface area contributed by atoms with E-state index in [-0.39, 0.29) is 12.8 Å². The number of methoxy groups -OCH3 is 1. The Morgan fingerprint density at radius 2 is 1.45 bits per heavy atom. The molecule has 3 N–H and O–H groups in total. The molecule has 2 aromatic carbocycles. The molecule has 2 rings (SSSR count). The molecule has 7 nitrogen and oxygen atoms in total. The number of nitrogens with one attached hydrogen (secondary N) is 2. The summed E-state index contributed by atoms with van der Waals surface area (Å²) in [6, 6.07) is 10.2. The van der Waals surface area contributed by atoms with Gasteiger partial charge in [-0.2, -0.15) is 0 Å². The van der Waals surface area contributed by atoms with Crippen molar-refractivity contribution in [3.05, 3.63) is 65.5 Å². The Morgan fingerprint density at radius 3 is 1.93 bits per heavy atom. The van der Waals surface area contributed by atoms with E-state index in [0.717, 1.165) is 0 Å². The van der Waals surface area contributed by atoms with Gasteiger partial charge in [0.1, 0.15) is 23.7 Å². The predicted octanol–water partition coefficient (Wildman–Crippen LogP) is 1.69. The van der Waals surface area contributed by atoms with Crippen LogP contribution < -0.4 is 15.4 Å². The highest BCUT2D eigenvalue weighted by Gasteiger charge is 2.26. The molecule has 2 amide bonds. The van der Waals surface area contributed by atoms with Crippen LogP contribution in [0, 0.1) is 5.82 Å². The molecule has 0 spiro atoms. The second kappa shape index (κ2) is 10.2. The van der Waals surface area contributed by atoms with Crippen LogP contribution in [0.4, 0.5) is 4.39 Å². The largest absolute Gasteiger partial charge is 0.497 e. The number of carboxylic acids is 1. The summed E-state index contributed by atoms with van der Waals surface area (Å²) >= 11 is 0. The van der Waals surface area contributed by atoms with Crippen LogP contribution in [0.25, 0.3) is 0 Å². The molecular formula is C21H23FN2O5. The second-order valence-corrected chi connectivity index (χ2v) is 6.54. The Balaban J connectivity index is 2.11. The van der Waals surface area contributed by atoms with Gasteiger partial charge in [0.2, 0.25) is 11.8 Å². The van der Waals surface area contributed by atoms with Crippen molar-refractivity contribution < 1.29 is 28.6 Å². The van der Waals surface area contributed by atoms with Crippen LogP contribution in [0.3, 0.4) is 0 Å². The SMILES string of the molecule is COc1ccc(C[C@H](NC(=O)[C@@H](Cc2ccc(F)cc2)NC(C)=O)C(=O)O)cc1. The molecule has 0 aliphatic heterocycles. The van der Waals surface area contributed by atoms with E-state index >= 15 is 0 Å². The molecule has 2 atom stereocenters. The minimum atomic E-state index is -1.20. The minimum absolute atomic E-state index is 0.0639. The van der Waals surface area contributed by atoms with Crippen LogP contribution in [0.1, 0.15) is 18.1 Å². The van der Waals surface area contributed by atoms with Crippen LogP contribution in [0.5, 0.6) is 5.75 Å². The Kier molecular flexibility index (Phi) is 7.70. The number of hydrogen-bond donors (Lipinski definition) is 3. The number of aliphatic carboxylic acids is 1. The van der Waals surface area contributed by atoms with Crippen molar-refractivity contribution in [3.8, 4) is 5.75 Å². The third kappa shape index (κ3) is 6.91. The molecule has 0 saturated heterocycles. The highest BCUT2D eigenvalue weighted by molar-refractivity contribution is 5.90. The maximum absolute atomic E-state index is 13.1. The Hall–Kier alpha value is -3.42. The molecular weight excluding hydrogens is 379 g/mol. The van der Waals surface area contributed by atoms with E-state index < -0.39 is 35.7 Å². The zero-order valence-corrected chi connectivity index (χ0v) is 16.1. The van der Waals surface area contributed by atoms with Gasteiger partial charge in [-0.1, -0.05) is 24.3 Å². The lowest BCUT2D eigenvalue weighted by Crippen LogP contribution is -2.52. The number of rotatable bonds is 9. The molecule has 2 aromatic rings. The van der Waals surface area contributed by atoms with Crippen LogP contribution in [0.15, 0.2) is 48.5 Å². The molecule has 0 fully saturated rings. The van der Waals surface area contributed by atoms with Gasteiger partial charge in [0.15, 0.2) is 0 Å². The zero-order chi connectivity index (χ0) is 21.4. The Morgan fingerprint density at radius 1 is 0.931 bits per heavy atom. The van der Waals surface area contributed by atoms with E-state index in [9.17, 15) is 23.9 Å². The molecule has 0 heterocycles. The lowest BCUT2D eigenvalue weighted by molar-refractivity contribution is -0.142. The molecule has 0 aromatic heterocycles. The smallest absolute Gasteiger partial charge is 0.326 e. The van der Waals surface area contributed by atoms with E-state index in [0.29, 0.717) is 16.9 Å². The molecule has 0 radical (unpaired) electrons. The van der Waals surface area contributed by atoms with Crippen molar-refractivity contribution >= 4 is 17.8 Å². The first-order chi connectivity index (χ1) is 13.8. The second-order valence-electron chi connectivity index (χ2n) is 6.54. The number of ether oxygens (including phenoxy) is 1. The fraction of sp³-hybridized carbons (Fsp3) is 0.286. The number of carbonyl (C=O) groups excluding carboxylic acids is 2. The van der Waals surface area contributed by atoms with Gasteiger partial charge >= 0.3 is 5.97 Å². The zero-order valence-electron chi connectivity index (χ0n) is 16.1. The number of benzene rings is 2. The normalized spacial score (nSPS) is 12.5. The maximum Gasteiger partial charge on any atom is 0.326 e. The van der Waals surface area contributed by atoms with Crippen LogP contribution >= 0.6 is 0 Å². The van der Waals surface area contributed by atoms with Crippen molar-refractivity contribution in [1.82, 2.24) is 10.6 Å². The first-order valence-corrected chi connectivity index (χ1v) is 8.96. The summed E-state index contributed by atoms with van der Waals surface area (Å²) in [7, 11) is 1.53. The van der Waals surface area contributed by atoms with E-state index in [1.807, 2.05) is 0 Å². The van der Waals surface area contributed by atoms with Crippen molar-refractivity contribution in [3.63, 3.8) is 0 Å². The highest BCUT2D eigenvalue weighted by atomic mass is 19.1. The highest BCUT2D eigenvalue weighted by Crippen LogP contribution is 2.13. The van der Waals surface area contributed by atoms with E-state index in [1.165, 1.54) is 38.3 Å². The van der Waals surface area contributed by atoms with E-state index in [4.69, 9.17) is 4.74 Å². The molecule has 0 aliphatic carbocycles. The standard InChI is InChI=1S/C21H23FN2O5/c1-13(25)23-18(11-14-3-7-16(22)8-4-14)20(26)24-19(21(27)28)12-15-5-9-17(29-2)10-6-15/h3-10,18-19H,11-12H2,1-2H3,(H,23,25)(H,24,26)(H,27,28)/t18-,19+/m1/s1. The summed E-state index contributed by atoms with van der Waals surface area (Å²) in [5, 5.41) is 14.5. The third-order valence-corrected chi connectivity index (χ3v) is 4.26. The van der Waals surface area contributed by atoms with Crippen molar-refractivity contribution in [2.45, 2.75) is 31.8 Å². The number of carboxylic acid groups (broad SMARTS) is 1. The van der Waals surface area contributed by atoms with Gasteiger partial charge in [0.05, 0.1) is 7.11 Å². The van der Waals surface area contributed by atoms with Crippen LogP contribution in [-0.2, 0) is 27.2 Å². The van der Waals surface area contributed by atoms with Gasteiger partial charge in [-0.3, -0.25) is 9.59 Å². The fourth-order valence-corrected chi connectivity index (χ4v) is 2.78. The summed E-state index contributed by atoms with van der Waals surface area (Å²) in [6.07, 6.45) is 0.162. The lowest BCUT2D eigenvalue weighted by atomic mass is 10.0. The van der Waals surface area contributed by atoms with Crippen molar-refractivity contribution in [2.75, 3.05) is 7.11 Å². The average Bonchev–Trinajstić information content (AvgIpc) is 2.68. The van der Waals surface area contributed by atoms with Gasteiger partial charge in [0.25, 0.3) is 0 Å². The van der Waals surface area contributed by atoms with Crippen LogP contribution in [0.2, 0.25) is 0 Å². The predicted molar refractivity (Wildman–Crippen MR) is 104 cm³/mol. The van der Waals surface area contributed by atoms with Gasteiger partial charge < -0.3 is 20.5 Å². The summed E-state index contributed by atoms with van der Waals surface area (Å²) in [5.41, 5.74) is 1.33. The van der Waals surface area contributed by atoms with E-state index in [2.05, 4.69) is 10.6 Å². The van der Waals surface area contributed by atoms with Gasteiger partial charge in [-0.25, -0.2) is 9.18 Å². The summed E-state index contributed by atoms with van der Waals surface area (Å²) in [6.45, 7) is 1.26. The molecule has 8 heteroatoms. The number of amides is 2. The quantitative estimate of drug-likeness (QED) is 0.592. The Labute approximate surface area is 167 Å². The lowest BCUT2D eigenvalue weighted by Gasteiger charge is -2.21. The average molecular weight is 402 g/mol. The first-order valence-electron chi connectivity index (χ1n) is 8.96. The molecule has 0 aliphatic rings. The number of halogens is 1. The molecule has 0 unspecified atom stereocenters. The van der Waals surface area contributed by atoms with Crippen molar-refractivity contribution in [2.24, 2.45) is 0 Å². The number of carbonyl (C=O) groups is 3. The van der Waals surface area contributed by atoms with Gasteiger partial charge in [0, 0.05) is 19.8 Å². The van der Waals surface area contributed by atoms with Crippen LogP contribution in [-0.4, -0.2) is 42.1 Å². The summed E-state index contributed by atoms with van der Waals surface area (Å²) in [4.78, 5) is 35.8. The summed E-state index contributed by atoms with van der Waals surface area (Å²) in [5.74, 6) is -2.05.